The number of aliphatic hydroxyl groups excluding tert-OH is 2. The third-order valence-electron chi connectivity index (χ3n) is 3.09. The molecule has 1 aliphatic heterocycles. The highest BCUT2D eigenvalue weighted by Crippen LogP contribution is 2.31. The van der Waals surface area contributed by atoms with Gasteiger partial charge in [-0.3, -0.25) is 4.57 Å². The maximum atomic E-state index is 9.74. The van der Waals surface area contributed by atoms with E-state index in [4.69, 9.17) is 27.2 Å². The molecule has 3 heterocycles. The number of imidazole rings is 1. The van der Waals surface area contributed by atoms with Gasteiger partial charge in [0.1, 0.15) is 17.8 Å². The number of fused-ring (bicyclic) bond motifs is 1. The molecule has 9 heteroatoms. The minimum atomic E-state index is -0.734. The molecule has 1 fully saturated rings. The molecule has 1 saturated heterocycles. The molecule has 0 aromatic carbocycles. The Bertz CT molecular complexity index is 618. The van der Waals surface area contributed by atoms with Crippen molar-refractivity contribution in [1.82, 2.24) is 19.5 Å². The number of hydrogen-bond acceptors (Lipinski definition) is 7. The summed E-state index contributed by atoms with van der Waals surface area (Å²) in [5.74, 6) is 0.0384. The lowest BCUT2D eigenvalue weighted by Crippen LogP contribution is -2.24. The zero-order chi connectivity index (χ0) is 13.6. The molecule has 0 saturated carbocycles. The highest BCUT2D eigenvalue weighted by atomic mass is 35.5. The van der Waals surface area contributed by atoms with Gasteiger partial charge in [-0.2, -0.15) is 9.97 Å². The second-order valence-corrected chi connectivity index (χ2v) is 4.67. The van der Waals surface area contributed by atoms with E-state index in [1.807, 2.05) is 0 Å². The molecule has 0 amide bonds. The molecule has 0 spiro atoms. The average molecular weight is 286 g/mol. The van der Waals surface area contributed by atoms with Gasteiger partial charge in [0, 0.05) is 6.42 Å². The van der Waals surface area contributed by atoms with E-state index >= 15 is 0 Å². The summed E-state index contributed by atoms with van der Waals surface area (Å²) in [6.45, 7) is -0.248. The topological polar surface area (TPSA) is 119 Å². The molecule has 0 radical (unpaired) electrons. The van der Waals surface area contributed by atoms with E-state index in [0.717, 1.165) is 0 Å². The molecule has 0 unspecified atom stereocenters. The van der Waals surface area contributed by atoms with Crippen LogP contribution in [-0.4, -0.2) is 48.5 Å². The number of hydrogen-bond donors (Lipinski definition) is 3. The molecule has 1 aliphatic rings. The highest BCUT2D eigenvalue weighted by molar-refractivity contribution is 6.33. The summed E-state index contributed by atoms with van der Waals surface area (Å²) in [4.78, 5) is 12.0. The Balaban J connectivity index is 2.02. The van der Waals surface area contributed by atoms with Crippen LogP contribution in [0.4, 0.5) is 5.95 Å². The van der Waals surface area contributed by atoms with Crippen molar-refractivity contribution in [3.63, 3.8) is 0 Å². The van der Waals surface area contributed by atoms with Gasteiger partial charge < -0.3 is 20.7 Å². The Morgan fingerprint density at radius 3 is 3.00 bits per heavy atom. The van der Waals surface area contributed by atoms with Gasteiger partial charge in [-0.05, 0) is 0 Å². The molecule has 3 atom stereocenters. The summed E-state index contributed by atoms with van der Waals surface area (Å²) in [5.41, 5.74) is 6.41. The maximum Gasteiger partial charge on any atom is 0.223 e. The molecule has 8 nitrogen and oxygen atoms in total. The number of ether oxygens (including phenoxy) is 1. The molecule has 3 rings (SSSR count). The zero-order valence-electron chi connectivity index (χ0n) is 9.77. The largest absolute Gasteiger partial charge is 0.394 e. The maximum absolute atomic E-state index is 9.74. The smallest absolute Gasteiger partial charge is 0.223 e. The fraction of sp³-hybridized carbons (Fsp3) is 0.500. The molecule has 102 valence electrons. The van der Waals surface area contributed by atoms with Gasteiger partial charge in [-0.15, -0.1) is 0 Å². The lowest BCUT2D eigenvalue weighted by atomic mass is 10.2. The van der Waals surface area contributed by atoms with Crippen molar-refractivity contribution in [1.29, 1.82) is 0 Å². The van der Waals surface area contributed by atoms with Crippen LogP contribution >= 0.6 is 11.6 Å². The highest BCUT2D eigenvalue weighted by Gasteiger charge is 2.35. The van der Waals surface area contributed by atoms with Crippen LogP contribution in [0.1, 0.15) is 12.6 Å². The van der Waals surface area contributed by atoms with Gasteiger partial charge in [-0.25, -0.2) is 4.98 Å². The Morgan fingerprint density at radius 1 is 1.53 bits per heavy atom. The number of nitrogens with two attached hydrogens (primary N) is 1. The summed E-state index contributed by atoms with van der Waals surface area (Å²) in [7, 11) is 0. The zero-order valence-corrected chi connectivity index (χ0v) is 10.5. The number of rotatable bonds is 2. The van der Waals surface area contributed by atoms with Gasteiger partial charge in [-0.1, -0.05) is 11.6 Å². The average Bonchev–Trinajstić information content (AvgIpc) is 2.92. The lowest BCUT2D eigenvalue weighted by Gasteiger charge is -2.13. The standard InChI is InChI=1S/C10H12ClN5O3/c11-8-7-9(15-10(12)14-8)16(3-13-7)6-1-4(18)5(2-17)19-6/h3-6,17-18H,1-2H2,(H2,12,14,15)/t4-,5+,6-/m0/s1. The summed E-state index contributed by atoms with van der Waals surface area (Å²) < 4.78 is 7.16. The van der Waals surface area contributed by atoms with Gasteiger partial charge in [0.2, 0.25) is 5.95 Å². The number of nitrogen functional groups attached to an aromatic ring is 1. The van der Waals surface area contributed by atoms with E-state index in [9.17, 15) is 5.11 Å². The first-order chi connectivity index (χ1) is 9.10. The first-order valence-corrected chi connectivity index (χ1v) is 6.08. The monoisotopic (exact) mass is 285 g/mol. The molecule has 19 heavy (non-hydrogen) atoms. The lowest BCUT2D eigenvalue weighted by molar-refractivity contribution is -0.0432. The Labute approximate surface area is 112 Å². The first-order valence-electron chi connectivity index (χ1n) is 5.70. The van der Waals surface area contributed by atoms with Gasteiger partial charge in [0.05, 0.1) is 19.0 Å². The summed E-state index contributed by atoms with van der Waals surface area (Å²) >= 11 is 5.93. The van der Waals surface area contributed by atoms with E-state index in [2.05, 4.69) is 15.0 Å². The molecule has 0 bridgehead atoms. The summed E-state index contributed by atoms with van der Waals surface area (Å²) in [6, 6.07) is 0. The quantitative estimate of drug-likeness (QED) is 0.648. The van der Waals surface area contributed by atoms with E-state index < -0.39 is 18.4 Å². The summed E-state index contributed by atoms with van der Waals surface area (Å²) in [5, 5.41) is 19.0. The van der Waals surface area contributed by atoms with Gasteiger partial charge in [0.25, 0.3) is 0 Å². The molecule has 4 N–H and O–H groups in total. The van der Waals surface area contributed by atoms with Crippen molar-refractivity contribution in [3.8, 4) is 0 Å². The predicted molar refractivity (Wildman–Crippen MR) is 66.4 cm³/mol. The van der Waals surface area contributed by atoms with E-state index in [0.29, 0.717) is 17.6 Å². The predicted octanol–water partition coefficient (Wildman–Crippen LogP) is -0.297. The third-order valence-corrected chi connectivity index (χ3v) is 3.35. The van der Waals surface area contributed by atoms with Crippen LogP contribution in [0.5, 0.6) is 0 Å². The Kier molecular flexibility index (Phi) is 3.02. The fourth-order valence-electron chi connectivity index (χ4n) is 2.16. The first kappa shape index (κ1) is 12.5. The van der Waals surface area contributed by atoms with Crippen molar-refractivity contribution in [2.24, 2.45) is 0 Å². The van der Waals surface area contributed by atoms with Crippen molar-refractivity contribution in [2.75, 3.05) is 12.3 Å². The summed E-state index contributed by atoms with van der Waals surface area (Å²) in [6.07, 6.45) is 0.0155. The number of nitrogens with zero attached hydrogens (tertiary/aromatic N) is 4. The van der Waals surface area contributed by atoms with Crippen molar-refractivity contribution >= 4 is 28.7 Å². The van der Waals surface area contributed by atoms with E-state index in [1.165, 1.54) is 6.33 Å². The molecule has 2 aromatic rings. The van der Waals surface area contributed by atoms with Crippen molar-refractivity contribution in [2.45, 2.75) is 24.9 Å². The molecular weight excluding hydrogens is 274 g/mol. The number of aliphatic hydroxyl groups is 2. The fourth-order valence-corrected chi connectivity index (χ4v) is 2.38. The van der Waals surface area contributed by atoms with E-state index in [-0.39, 0.29) is 17.7 Å². The number of anilines is 1. The van der Waals surface area contributed by atoms with Crippen LogP contribution in [0.25, 0.3) is 11.2 Å². The number of halogens is 1. The van der Waals surface area contributed by atoms with Crippen LogP contribution in [0.15, 0.2) is 6.33 Å². The van der Waals surface area contributed by atoms with Crippen LogP contribution in [0, 0.1) is 0 Å². The Hall–Kier alpha value is -1.48. The van der Waals surface area contributed by atoms with Crippen molar-refractivity contribution in [3.05, 3.63) is 11.5 Å². The minimum absolute atomic E-state index is 0.0384. The molecule has 2 aromatic heterocycles. The normalized spacial score (nSPS) is 27.2. The van der Waals surface area contributed by atoms with Crippen LogP contribution < -0.4 is 5.73 Å². The second-order valence-electron chi connectivity index (χ2n) is 4.31. The molecular formula is C10H12ClN5O3. The van der Waals surface area contributed by atoms with Crippen molar-refractivity contribution < 1.29 is 14.9 Å². The second kappa shape index (κ2) is 4.57. The Morgan fingerprint density at radius 2 is 2.32 bits per heavy atom. The molecule has 0 aliphatic carbocycles. The van der Waals surface area contributed by atoms with Crippen LogP contribution in [0.3, 0.4) is 0 Å². The van der Waals surface area contributed by atoms with Crippen LogP contribution in [0.2, 0.25) is 5.15 Å². The number of aromatic nitrogens is 4. The van der Waals surface area contributed by atoms with Gasteiger partial charge >= 0.3 is 0 Å². The van der Waals surface area contributed by atoms with Crippen LogP contribution in [-0.2, 0) is 4.74 Å². The SMILES string of the molecule is Nc1nc(Cl)c2ncn([C@@H]3C[C@H](O)[C@@H](CO)O3)c2n1. The van der Waals surface area contributed by atoms with Gasteiger partial charge in [0.15, 0.2) is 10.8 Å². The minimum Gasteiger partial charge on any atom is -0.394 e. The van der Waals surface area contributed by atoms with E-state index in [1.54, 1.807) is 4.57 Å². The third kappa shape index (κ3) is 2.02.